The van der Waals surface area contributed by atoms with E-state index in [0.717, 1.165) is 11.3 Å². The maximum atomic E-state index is 12.3. The fourth-order valence-corrected chi connectivity index (χ4v) is 2.49. The quantitative estimate of drug-likeness (QED) is 0.898. The highest BCUT2D eigenvalue weighted by molar-refractivity contribution is 5.94. The highest BCUT2D eigenvalue weighted by Crippen LogP contribution is 2.16. The van der Waals surface area contributed by atoms with E-state index in [-0.39, 0.29) is 5.91 Å². The van der Waals surface area contributed by atoms with Gasteiger partial charge in [0.05, 0.1) is 23.6 Å². The zero-order valence-electron chi connectivity index (χ0n) is 11.4. The molecule has 1 N–H and O–H groups in total. The van der Waals surface area contributed by atoms with E-state index in [4.69, 9.17) is 0 Å². The third-order valence-corrected chi connectivity index (χ3v) is 3.64. The minimum Gasteiger partial charge on any atom is -0.391 e. The lowest BCUT2D eigenvalue weighted by Crippen LogP contribution is -2.29. The molecule has 1 saturated heterocycles. The molecule has 1 aliphatic heterocycles. The van der Waals surface area contributed by atoms with Crippen molar-refractivity contribution in [2.75, 3.05) is 13.1 Å². The number of carbonyl (C=O) groups excluding carboxylic acids is 1. The van der Waals surface area contributed by atoms with Crippen LogP contribution in [0.2, 0.25) is 0 Å². The Labute approximate surface area is 117 Å². The molecule has 1 aromatic carbocycles. The normalized spacial score (nSPS) is 18.5. The van der Waals surface area contributed by atoms with Crippen LogP contribution in [0.1, 0.15) is 22.3 Å². The molecule has 0 unspecified atom stereocenters. The molecule has 0 radical (unpaired) electrons. The Kier molecular flexibility index (Phi) is 3.28. The maximum absolute atomic E-state index is 12.3. The molecule has 3 rings (SSSR count). The molecule has 0 aliphatic carbocycles. The summed E-state index contributed by atoms with van der Waals surface area (Å²) in [5, 5.41) is 13.8. The maximum Gasteiger partial charge on any atom is 0.257 e. The van der Waals surface area contributed by atoms with Crippen molar-refractivity contribution in [1.82, 2.24) is 14.7 Å². The van der Waals surface area contributed by atoms with E-state index in [1.54, 1.807) is 22.0 Å². The van der Waals surface area contributed by atoms with Gasteiger partial charge in [-0.1, -0.05) is 18.2 Å². The van der Waals surface area contributed by atoms with E-state index in [1.165, 1.54) is 0 Å². The Morgan fingerprint density at radius 1 is 1.40 bits per heavy atom. The van der Waals surface area contributed by atoms with Crippen LogP contribution in [0.4, 0.5) is 0 Å². The Morgan fingerprint density at radius 3 is 2.90 bits per heavy atom. The molecule has 5 heteroatoms. The molecular formula is C15H17N3O2. The summed E-state index contributed by atoms with van der Waals surface area (Å²) in [5.41, 5.74) is 2.63. The molecule has 2 aromatic rings. The average Bonchev–Trinajstić information content (AvgIpc) is 3.07. The van der Waals surface area contributed by atoms with Crippen LogP contribution in [0.5, 0.6) is 0 Å². The molecule has 2 heterocycles. The first-order chi connectivity index (χ1) is 9.65. The van der Waals surface area contributed by atoms with Gasteiger partial charge in [0.25, 0.3) is 5.91 Å². The third-order valence-electron chi connectivity index (χ3n) is 3.64. The van der Waals surface area contributed by atoms with Crippen LogP contribution in [0, 0.1) is 6.92 Å². The number of aliphatic hydroxyl groups is 1. The van der Waals surface area contributed by atoms with Gasteiger partial charge in [-0.25, -0.2) is 4.68 Å². The molecule has 104 valence electrons. The molecule has 5 nitrogen and oxygen atoms in total. The second-order valence-corrected chi connectivity index (χ2v) is 5.15. The number of aryl methyl sites for hydroxylation is 1. The van der Waals surface area contributed by atoms with Crippen molar-refractivity contribution >= 4 is 5.91 Å². The number of hydrogen-bond acceptors (Lipinski definition) is 3. The summed E-state index contributed by atoms with van der Waals surface area (Å²) in [5.74, 6) is -0.0682. The number of likely N-dealkylation sites (tertiary alicyclic amines) is 1. The van der Waals surface area contributed by atoms with Crippen molar-refractivity contribution in [3.8, 4) is 5.69 Å². The van der Waals surface area contributed by atoms with E-state index in [0.29, 0.717) is 25.1 Å². The fraction of sp³-hybridized carbons (Fsp3) is 0.333. The summed E-state index contributed by atoms with van der Waals surface area (Å²) in [6, 6.07) is 7.90. The van der Waals surface area contributed by atoms with Gasteiger partial charge in [-0.2, -0.15) is 5.10 Å². The minimum atomic E-state index is -0.398. The van der Waals surface area contributed by atoms with Crippen LogP contribution in [0.15, 0.2) is 36.7 Å². The summed E-state index contributed by atoms with van der Waals surface area (Å²) in [4.78, 5) is 14.0. The second kappa shape index (κ2) is 5.09. The van der Waals surface area contributed by atoms with Crippen LogP contribution in [-0.4, -0.2) is 44.9 Å². The van der Waals surface area contributed by atoms with Crippen molar-refractivity contribution in [1.29, 1.82) is 0 Å². The van der Waals surface area contributed by atoms with Gasteiger partial charge in [0.1, 0.15) is 0 Å². The molecular weight excluding hydrogens is 254 g/mol. The molecule has 1 fully saturated rings. The molecule has 0 saturated carbocycles. The van der Waals surface area contributed by atoms with Gasteiger partial charge >= 0.3 is 0 Å². The van der Waals surface area contributed by atoms with Crippen LogP contribution >= 0.6 is 0 Å². The largest absolute Gasteiger partial charge is 0.391 e. The molecule has 1 atom stereocenters. The number of hydrogen-bond donors (Lipinski definition) is 1. The highest BCUT2D eigenvalue weighted by atomic mass is 16.3. The lowest BCUT2D eigenvalue weighted by molar-refractivity contribution is 0.0765. The van der Waals surface area contributed by atoms with Gasteiger partial charge in [-0.3, -0.25) is 4.79 Å². The number of para-hydroxylation sites is 1. The van der Waals surface area contributed by atoms with Crippen LogP contribution in [-0.2, 0) is 0 Å². The monoisotopic (exact) mass is 271 g/mol. The molecule has 1 amide bonds. The van der Waals surface area contributed by atoms with Gasteiger partial charge in [0.15, 0.2) is 0 Å². The van der Waals surface area contributed by atoms with Crippen molar-refractivity contribution in [2.45, 2.75) is 19.4 Å². The molecule has 0 spiro atoms. The van der Waals surface area contributed by atoms with Crippen molar-refractivity contribution in [2.24, 2.45) is 0 Å². The Bertz CT molecular complexity index is 636. The van der Waals surface area contributed by atoms with Crippen LogP contribution in [0.3, 0.4) is 0 Å². The minimum absolute atomic E-state index is 0.0682. The van der Waals surface area contributed by atoms with Gasteiger partial charge in [-0.15, -0.1) is 0 Å². The predicted molar refractivity (Wildman–Crippen MR) is 74.8 cm³/mol. The number of amides is 1. The van der Waals surface area contributed by atoms with Crippen molar-refractivity contribution in [3.05, 3.63) is 47.8 Å². The van der Waals surface area contributed by atoms with Gasteiger partial charge in [0.2, 0.25) is 0 Å². The van der Waals surface area contributed by atoms with Gasteiger partial charge in [-0.05, 0) is 25.0 Å². The zero-order chi connectivity index (χ0) is 14.1. The number of nitrogens with zero attached hydrogens (tertiary/aromatic N) is 3. The molecule has 1 aliphatic rings. The van der Waals surface area contributed by atoms with Gasteiger partial charge in [0, 0.05) is 19.3 Å². The lowest BCUT2D eigenvalue weighted by Gasteiger charge is -2.13. The Hall–Kier alpha value is -2.14. The topological polar surface area (TPSA) is 58.4 Å². The number of benzene rings is 1. The van der Waals surface area contributed by atoms with E-state index in [2.05, 4.69) is 5.10 Å². The SMILES string of the molecule is Cc1ccccc1-n1cc(C(=O)N2CC[C@@H](O)C2)cn1. The van der Waals surface area contributed by atoms with Crippen LogP contribution < -0.4 is 0 Å². The number of rotatable bonds is 2. The zero-order valence-corrected chi connectivity index (χ0v) is 11.4. The average molecular weight is 271 g/mol. The van der Waals surface area contributed by atoms with E-state index < -0.39 is 6.10 Å². The predicted octanol–water partition coefficient (Wildman–Crippen LogP) is 1.39. The van der Waals surface area contributed by atoms with E-state index in [9.17, 15) is 9.90 Å². The summed E-state index contributed by atoms with van der Waals surface area (Å²) in [7, 11) is 0. The second-order valence-electron chi connectivity index (χ2n) is 5.15. The number of β-amino-alcohol motifs (C(OH)–C–C–N with tert-alkyl or cyclic N) is 1. The van der Waals surface area contributed by atoms with Gasteiger partial charge < -0.3 is 10.0 Å². The lowest BCUT2D eigenvalue weighted by atomic mass is 10.2. The van der Waals surface area contributed by atoms with Crippen molar-refractivity contribution in [3.63, 3.8) is 0 Å². The molecule has 0 bridgehead atoms. The first-order valence-corrected chi connectivity index (χ1v) is 6.73. The smallest absolute Gasteiger partial charge is 0.257 e. The van der Waals surface area contributed by atoms with E-state index in [1.807, 2.05) is 31.2 Å². The third kappa shape index (κ3) is 2.32. The number of aromatic nitrogens is 2. The van der Waals surface area contributed by atoms with E-state index >= 15 is 0 Å². The standard InChI is InChI=1S/C15H17N3O2/c1-11-4-2-3-5-14(11)18-9-12(8-16-18)15(20)17-7-6-13(19)10-17/h2-5,8-9,13,19H,6-7,10H2,1H3/t13-/m1/s1. The summed E-state index contributed by atoms with van der Waals surface area (Å²) in [6.45, 7) is 3.03. The van der Waals surface area contributed by atoms with Crippen LogP contribution in [0.25, 0.3) is 5.69 Å². The number of carbonyl (C=O) groups is 1. The summed E-state index contributed by atoms with van der Waals surface area (Å²) < 4.78 is 1.72. The Morgan fingerprint density at radius 2 is 2.20 bits per heavy atom. The first-order valence-electron chi connectivity index (χ1n) is 6.73. The summed E-state index contributed by atoms with van der Waals surface area (Å²) in [6.07, 6.45) is 3.58. The first kappa shape index (κ1) is 12.9. The van der Waals surface area contributed by atoms with Crippen molar-refractivity contribution < 1.29 is 9.90 Å². The molecule has 20 heavy (non-hydrogen) atoms. The molecule has 1 aromatic heterocycles. The number of aliphatic hydroxyl groups excluding tert-OH is 1. The highest BCUT2D eigenvalue weighted by Gasteiger charge is 2.26. The fourth-order valence-electron chi connectivity index (χ4n) is 2.49. The summed E-state index contributed by atoms with van der Waals surface area (Å²) >= 11 is 0. The Balaban J connectivity index is 1.84.